The van der Waals surface area contributed by atoms with Crippen LogP contribution in [-0.2, 0) is 25.4 Å². The molecule has 136 valence electrons. The third-order valence-electron chi connectivity index (χ3n) is 6.06. The summed E-state index contributed by atoms with van der Waals surface area (Å²) in [5, 5.41) is 4.93. The Labute approximate surface area is 153 Å². The van der Waals surface area contributed by atoms with E-state index in [9.17, 15) is 0 Å². The molecule has 2 bridgehead atoms. The number of rotatable bonds is 2. The van der Waals surface area contributed by atoms with Gasteiger partial charge in [0.25, 0.3) is 0 Å². The summed E-state index contributed by atoms with van der Waals surface area (Å²) in [6, 6.07) is 3.14. The molecule has 2 atom stereocenters. The third kappa shape index (κ3) is 2.31. The first kappa shape index (κ1) is 16.0. The fourth-order valence-corrected chi connectivity index (χ4v) is 4.51. The van der Waals surface area contributed by atoms with Gasteiger partial charge in [0.2, 0.25) is 0 Å². The van der Waals surface area contributed by atoms with Crippen molar-refractivity contribution in [3.05, 3.63) is 47.4 Å². The quantitative estimate of drug-likeness (QED) is 0.713. The van der Waals surface area contributed by atoms with Crippen LogP contribution in [0.2, 0.25) is 0 Å². The van der Waals surface area contributed by atoms with E-state index in [1.54, 1.807) is 0 Å². The van der Waals surface area contributed by atoms with Crippen LogP contribution in [0.4, 0.5) is 0 Å². The largest absolute Gasteiger partial charge is 0.337 e. The molecule has 6 heteroatoms. The number of hydrogen-bond acceptors (Lipinski definition) is 4. The van der Waals surface area contributed by atoms with E-state index in [1.165, 1.54) is 24.1 Å². The maximum Gasteiger partial charge on any atom is 0.155 e. The molecule has 0 N–H and O–H groups in total. The van der Waals surface area contributed by atoms with Gasteiger partial charge in [-0.25, -0.2) is 14.5 Å². The van der Waals surface area contributed by atoms with Gasteiger partial charge in [-0.2, -0.15) is 5.10 Å². The fraction of sp³-hybridized carbons (Fsp3) is 0.550. The Morgan fingerprint density at radius 1 is 1.19 bits per heavy atom. The monoisotopic (exact) mass is 350 g/mol. The number of hydrogen-bond donors (Lipinski definition) is 0. The molecule has 0 saturated carbocycles. The normalized spacial score (nSPS) is 22.9. The van der Waals surface area contributed by atoms with Crippen LogP contribution >= 0.6 is 0 Å². The molecular formula is C20H26N6. The van der Waals surface area contributed by atoms with Crippen molar-refractivity contribution in [2.24, 2.45) is 7.05 Å². The first-order valence-corrected chi connectivity index (χ1v) is 9.52. The van der Waals surface area contributed by atoms with Crippen molar-refractivity contribution in [3.63, 3.8) is 0 Å². The molecule has 5 rings (SSSR count). The van der Waals surface area contributed by atoms with E-state index in [0.29, 0.717) is 12.1 Å². The summed E-state index contributed by atoms with van der Waals surface area (Å²) in [6.45, 7) is 7.53. The minimum absolute atomic E-state index is 0.0401. The van der Waals surface area contributed by atoms with E-state index < -0.39 is 0 Å². The van der Waals surface area contributed by atoms with Crippen molar-refractivity contribution in [2.45, 2.75) is 64.1 Å². The van der Waals surface area contributed by atoms with Crippen LogP contribution in [0.3, 0.4) is 0 Å². The molecule has 1 saturated heterocycles. The highest BCUT2D eigenvalue weighted by atomic mass is 15.3. The molecule has 2 aliphatic heterocycles. The number of aryl methyl sites for hydroxylation is 1. The molecule has 2 aliphatic rings. The van der Waals surface area contributed by atoms with Crippen LogP contribution in [0.5, 0.6) is 0 Å². The van der Waals surface area contributed by atoms with Gasteiger partial charge in [-0.05, 0) is 12.8 Å². The van der Waals surface area contributed by atoms with Crippen LogP contribution in [-0.4, -0.2) is 35.1 Å². The van der Waals surface area contributed by atoms with Crippen molar-refractivity contribution >= 4 is 5.65 Å². The van der Waals surface area contributed by atoms with Gasteiger partial charge in [-0.15, -0.1) is 0 Å². The second-order valence-corrected chi connectivity index (χ2v) is 8.79. The predicted molar refractivity (Wildman–Crippen MR) is 99.9 cm³/mol. The van der Waals surface area contributed by atoms with E-state index in [1.807, 2.05) is 12.4 Å². The minimum Gasteiger partial charge on any atom is -0.337 e. The van der Waals surface area contributed by atoms with Crippen LogP contribution in [0.1, 0.15) is 62.4 Å². The molecule has 0 radical (unpaired) electrons. The Balaban J connectivity index is 1.56. The van der Waals surface area contributed by atoms with Crippen LogP contribution in [0.15, 0.2) is 24.7 Å². The summed E-state index contributed by atoms with van der Waals surface area (Å²) >= 11 is 0. The van der Waals surface area contributed by atoms with E-state index >= 15 is 0 Å². The van der Waals surface area contributed by atoms with Crippen LogP contribution in [0.25, 0.3) is 5.65 Å². The molecule has 6 nitrogen and oxygen atoms in total. The van der Waals surface area contributed by atoms with Crippen molar-refractivity contribution in [1.82, 2.24) is 29.0 Å². The Hall–Kier alpha value is -2.21. The summed E-state index contributed by atoms with van der Waals surface area (Å²) in [5.41, 5.74) is 4.84. The zero-order valence-corrected chi connectivity index (χ0v) is 16.0. The zero-order valence-electron chi connectivity index (χ0n) is 16.0. The average Bonchev–Trinajstić information content (AvgIpc) is 3.26. The molecule has 5 heterocycles. The maximum absolute atomic E-state index is 4.93. The van der Waals surface area contributed by atoms with Gasteiger partial charge in [0.1, 0.15) is 5.82 Å². The second kappa shape index (κ2) is 5.39. The van der Waals surface area contributed by atoms with Crippen molar-refractivity contribution in [2.75, 3.05) is 0 Å². The third-order valence-corrected chi connectivity index (χ3v) is 6.06. The lowest BCUT2D eigenvalue weighted by Crippen LogP contribution is -2.38. The van der Waals surface area contributed by atoms with E-state index in [2.05, 4.69) is 59.0 Å². The van der Waals surface area contributed by atoms with E-state index in [-0.39, 0.29) is 5.41 Å². The fourth-order valence-electron chi connectivity index (χ4n) is 4.51. The Bertz CT molecular complexity index is 976. The highest BCUT2D eigenvalue weighted by Crippen LogP contribution is 2.44. The van der Waals surface area contributed by atoms with Gasteiger partial charge in [0.15, 0.2) is 5.65 Å². The van der Waals surface area contributed by atoms with Gasteiger partial charge < -0.3 is 4.57 Å². The molecule has 0 amide bonds. The number of fused-ring (bicyclic) bond motifs is 6. The van der Waals surface area contributed by atoms with E-state index in [4.69, 9.17) is 10.1 Å². The second-order valence-electron chi connectivity index (χ2n) is 8.79. The Kier molecular flexibility index (Phi) is 3.32. The van der Waals surface area contributed by atoms with Crippen molar-refractivity contribution < 1.29 is 0 Å². The number of aromatic nitrogens is 5. The first-order chi connectivity index (χ1) is 12.4. The molecule has 3 aromatic rings. The standard InChI is InChI=1S/C20H26N6/c1-20(2,3)17-10-18-22-11-14-15-6-5-13(9-16(14)26(18)23-17)25(15)12-19-21-7-8-24(19)4/h7-8,10-11,13,15H,5-6,9,12H2,1-4H3/t13-,15+/m0/s1. The van der Waals surface area contributed by atoms with Gasteiger partial charge in [0, 0.05) is 61.2 Å². The summed E-state index contributed by atoms with van der Waals surface area (Å²) in [6.07, 6.45) is 9.48. The maximum atomic E-state index is 4.93. The molecule has 0 unspecified atom stereocenters. The zero-order chi connectivity index (χ0) is 18.1. The molecule has 0 aromatic carbocycles. The SMILES string of the molecule is Cn1ccnc1CN1[C@H]2CC[C@@H]1c1cnc3cc(C(C)(C)C)nn3c1C2. The topological polar surface area (TPSA) is 51.2 Å². The number of nitrogens with zero attached hydrogens (tertiary/aromatic N) is 6. The van der Waals surface area contributed by atoms with Crippen LogP contribution < -0.4 is 0 Å². The average molecular weight is 350 g/mol. The van der Waals surface area contributed by atoms with Gasteiger partial charge in [-0.3, -0.25) is 4.90 Å². The molecular weight excluding hydrogens is 324 g/mol. The lowest BCUT2D eigenvalue weighted by Gasteiger charge is -2.35. The highest BCUT2D eigenvalue weighted by molar-refractivity contribution is 5.45. The van der Waals surface area contributed by atoms with Crippen LogP contribution in [0, 0.1) is 0 Å². The van der Waals surface area contributed by atoms with Crippen molar-refractivity contribution in [1.29, 1.82) is 0 Å². The lowest BCUT2D eigenvalue weighted by molar-refractivity contribution is 0.159. The smallest absolute Gasteiger partial charge is 0.155 e. The Morgan fingerprint density at radius 3 is 2.77 bits per heavy atom. The van der Waals surface area contributed by atoms with Crippen molar-refractivity contribution in [3.8, 4) is 0 Å². The lowest BCUT2D eigenvalue weighted by atomic mass is 9.93. The molecule has 26 heavy (non-hydrogen) atoms. The summed E-state index contributed by atoms with van der Waals surface area (Å²) in [7, 11) is 2.07. The van der Waals surface area contributed by atoms with E-state index in [0.717, 1.165) is 30.1 Å². The minimum atomic E-state index is 0.0401. The summed E-state index contributed by atoms with van der Waals surface area (Å²) in [5.74, 6) is 1.13. The molecule has 0 aliphatic carbocycles. The molecule has 1 fully saturated rings. The number of imidazole rings is 1. The van der Waals surface area contributed by atoms with Gasteiger partial charge in [0.05, 0.1) is 17.9 Å². The highest BCUT2D eigenvalue weighted by Gasteiger charge is 2.41. The molecule has 3 aromatic heterocycles. The first-order valence-electron chi connectivity index (χ1n) is 9.52. The molecule has 0 spiro atoms. The summed E-state index contributed by atoms with van der Waals surface area (Å²) < 4.78 is 4.23. The van der Waals surface area contributed by atoms with Gasteiger partial charge in [-0.1, -0.05) is 20.8 Å². The van der Waals surface area contributed by atoms with Gasteiger partial charge >= 0.3 is 0 Å². The predicted octanol–water partition coefficient (Wildman–Crippen LogP) is 3.02. The Morgan fingerprint density at radius 2 is 2.04 bits per heavy atom. The summed E-state index contributed by atoms with van der Waals surface area (Å²) in [4.78, 5) is 11.9.